The molecule has 13 heteroatoms. The van der Waals surface area contributed by atoms with E-state index in [1.807, 2.05) is 26.0 Å². The number of ether oxygens (including phenoxy) is 1. The van der Waals surface area contributed by atoms with E-state index in [1.165, 1.54) is 35.6 Å². The van der Waals surface area contributed by atoms with Crippen LogP contribution in [0.2, 0.25) is 0 Å². The van der Waals surface area contributed by atoms with E-state index in [1.54, 1.807) is 29.2 Å². The molecule has 11 nitrogen and oxygen atoms in total. The standard InChI is InChI=1S/C36H35FN6O5S/c1-20(2)26-17-27(29(45)18-28(26)44)35(46)43-11-10-25-30(19-43)49-34-31(25)33(42-12-14-48-15-13-42)40-32(41-34)21-6-8-23(9-7-21)38-36(47)39-24-5-3-4-22(37)16-24/h3-9,16-18,20,44-45H,10-15,19H2,1-2H3,(H2,38,39,47). The van der Waals surface area contributed by atoms with Gasteiger partial charge >= 0.3 is 6.03 Å². The number of thiophene rings is 1. The van der Waals surface area contributed by atoms with Gasteiger partial charge in [0, 0.05) is 47.5 Å². The lowest BCUT2D eigenvalue weighted by molar-refractivity contribution is 0.0734. The number of morpholine rings is 1. The highest BCUT2D eigenvalue weighted by atomic mass is 32.1. The van der Waals surface area contributed by atoms with Gasteiger partial charge in [-0.15, -0.1) is 11.3 Å². The van der Waals surface area contributed by atoms with Crippen molar-refractivity contribution in [1.29, 1.82) is 0 Å². The number of halogens is 1. The summed E-state index contributed by atoms with van der Waals surface area (Å²) in [6.07, 6.45) is 0.606. The van der Waals surface area contributed by atoms with Crippen LogP contribution in [0.5, 0.6) is 11.5 Å². The van der Waals surface area contributed by atoms with Gasteiger partial charge in [-0.3, -0.25) is 4.79 Å². The van der Waals surface area contributed by atoms with Crippen LogP contribution in [0.25, 0.3) is 21.6 Å². The van der Waals surface area contributed by atoms with Crippen molar-refractivity contribution in [3.05, 3.63) is 88.0 Å². The lowest BCUT2D eigenvalue weighted by Crippen LogP contribution is -2.37. The van der Waals surface area contributed by atoms with Crippen molar-refractivity contribution < 1.29 is 28.9 Å². The second-order valence-corrected chi connectivity index (χ2v) is 13.5. The second kappa shape index (κ2) is 13.3. The van der Waals surface area contributed by atoms with Gasteiger partial charge in [0.25, 0.3) is 5.91 Å². The molecule has 2 aromatic heterocycles. The Balaban J connectivity index is 1.17. The second-order valence-electron chi connectivity index (χ2n) is 12.4. The molecule has 0 saturated carbocycles. The third-order valence-electron chi connectivity index (χ3n) is 8.76. The van der Waals surface area contributed by atoms with Gasteiger partial charge in [0.1, 0.15) is 28.0 Å². The van der Waals surface area contributed by atoms with Gasteiger partial charge in [-0.05, 0) is 72.0 Å². The number of carbonyl (C=O) groups is 2. The molecule has 1 saturated heterocycles. The van der Waals surface area contributed by atoms with Crippen LogP contribution in [-0.2, 0) is 17.7 Å². The van der Waals surface area contributed by atoms with E-state index >= 15 is 0 Å². The Morgan fingerprint density at radius 1 is 0.939 bits per heavy atom. The molecule has 1 fully saturated rings. The molecule has 0 aliphatic carbocycles. The number of carbonyl (C=O) groups excluding carboxylic acids is 2. The zero-order valence-corrected chi connectivity index (χ0v) is 27.8. The molecule has 0 atom stereocenters. The normalized spacial score (nSPS) is 14.6. The van der Waals surface area contributed by atoms with Crippen LogP contribution >= 0.6 is 11.3 Å². The molecule has 4 N–H and O–H groups in total. The van der Waals surface area contributed by atoms with Crippen molar-refractivity contribution in [3.63, 3.8) is 0 Å². The molecular weight excluding hydrogens is 647 g/mol. The van der Waals surface area contributed by atoms with Crippen LogP contribution < -0.4 is 15.5 Å². The molecule has 2 aliphatic heterocycles. The summed E-state index contributed by atoms with van der Waals surface area (Å²) in [5.74, 6) is 0.335. The third kappa shape index (κ3) is 6.59. The fourth-order valence-electron chi connectivity index (χ4n) is 6.24. The van der Waals surface area contributed by atoms with Gasteiger partial charge in [0.15, 0.2) is 5.82 Å². The van der Waals surface area contributed by atoms with Crippen LogP contribution in [0.15, 0.2) is 60.7 Å². The highest BCUT2D eigenvalue weighted by Gasteiger charge is 2.31. The quantitative estimate of drug-likeness (QED) is 0.155. The van der Waals surface area contributed by atoms with E-state index in [2.05, 4.69) is 15.5 Å². The minimum Gasteiger partial charge on any atom is -0.508 e. The van der Waals surface area contributed by atoms with Gasteiger partial charge in [0.05, 0.1) is 30.7 Å². The summed E-state index contributed by atoms with van der Waals surface area (Å²) in [5.41, 5.74) is 3.55. The molecule has 5 aromatic rings. The topological polar surface area (TPSA) is 140 Å². The van der Waals surface area contributed by atoms with Crippen LogP contribution in [0.4, 0.5) is 26.4 Å². The summed E-state index contributed by atoms with van der Waals surface area (Å²) in [6.45, 7) is 7.21. The summed E-state index contributed by atoms with van der Waals surface area (Å²) in [5, 5.41) is 27.2. The van der Waals surface area contributed by atoms with E-state index in [9.17, 15) is 24.2 Å². The number of phenolic OH excluding ortho intramolecular Hbond substituents is 2. The van der Waals surface area contributed by atoms with Gasteiger partial charge in [-0.1, -0.05) is 19.9 Å². The summed E-state index contributed by atoms with van der Waals surface area (Å²) in [6, 6.07) is 15.2. The summed E-state index contributed by atoms with van der Waals surface area (Å²) in [7, 11) is 0. The molecule has 0 unspecified atom stereocenters. The fourth-order valence-corrected chi connectivity index (χ4v) is 7.47. The number of benzene rings is 3. The summed E-state index contributed by atoms with van der Waals surface area (Å²) >= 11 is 1.53. The number of aromatic hydroxyl groups is 2. The number of phenols is 2. The van der Waals surface area contributed by atoms with E-state index < -0.39 is 11.8 Å². The zero-order valence-electron chi connectivity index (χ0n) is 27.0. The zero-order chi connectivity index (χ0) is 34.2. The van der Waals surface area contributed by atoms with E-state index in [4.69, 9.17) is 14.7 Å². The molecule has 0 bridgehead atoms. The van der Waals surface area contributed by atoms with Crippen LogP contribution in [-0.4, -0.2) is 69.9 Å². The van der Waals surface area contributed by atoms with Crippen molar-refractivity contribution in [2.75, 3.05) is 48.4 Å². The predicted molar refractivity (Wildman–Crippen MR) is 187 cm³/mol. The van der Waals surface area contributed by atoms with Gasteiger partial charge in [-0.25, -0.2) is 19.2 Å². The first kappa shape index (κ1) is 32.3. The third-order valence-corrected chi connectivity index (χ3v) is 9.87. The molecule has 2 aliphatic rings. The number of anilines is 3. The predicted octanol–water partition coefficient (Wildman–Crippen LogP) is 6.71. The molecule has 3 aromatic carbocycles. The number of urea groups is 1. The largest absolute Gasteiger partial charge is 0.508 e. The lowest BCUT2D eigenvalue weighted by Gasteiger charge is -2.30. The van der Waals surface area contributed by atoms with Crippen LogP contribution in [0.3, 0.4) is 0 Å². The number of aromatic nitrogens is 2. The number of rotatable bonds is 6. The Morgan fingerprint density at radius 2 is 1.69 bits per heavy atom. The highest BCUT2D eigenvalue weighted by Crippen LogP contribution is 2.41. The van der Waals surface area contributed by atoms with Crippen molar-refractivity contribution in [2.45, 2.75) is 32.7 Å². The molecule has 252 valence electrons. The Kier molecular flexibility index (Phi) is 8.78. The van der Waals surface area contributed by atoms with Gasteiger partial charge in [0.2, 0.25) is 0 Å². The molecule has 0 radical (unpaired) electrons. The summed E-state index contributed by atoms with van der Waals surface area (Å²) in [4.78, 5) is 42.0. The average Bonchev–Trinajstić information content (AvgIpc) is 3.46. The van der Waals surface area contributed by atoms with E-state index in [-0.39, 0.29) is 28.9 Å². The number of hydrogen-bond acceptors (Lipinski definition) is 9. The average molecular weight is 683 g/mol. The van der Waals surface area contributed by atoms with Crippen molar-refractivity contribution in [3.8, 4) is 22.9 Å². The Morgan fingerprint density at radius 3 is 2.43 bits per heavy atom. The van der Waals surface area contributed by atoms with Gasteiger partial charge < -0.3 is 35.4 Å². The monoisotopic (exact) mass is 682 g/mol. The smallest absolute Gasteiger partial charge is 0.323 e. The first-order chi connectivity index (χ1) is 23.6. The Hall–Kier alpha value is -5.27. The first-order valence-electron chi connectivity index (χ1n) is 16.1. The lowest BCUT2D eigenvalue weighted by atomic mass is 9.97. The van der Waals surface area contributed by atoms with Crippen molar-refractivity contribution in [1.82, 2.24) is 14.9 Å². The van der Waals surface area contributed by atoms with Crippen LogP contribution in [0.1, 0.15) is 46.1 Å². The highest BCUT2D eigenvalue weighted by molar-refractivity contribution is 7.19. The van der Waals surface area contributed by atoms with E-state index in [0.29, 0.717) is 68.6 Å². The SMILES string of the molecule is CC(C)c1cc(C(=O)N2CCc3c(sc4nc(-c5ccc(NC(=O)Nc6cccc(F)c6)cc5)nc(N5CCOCC5)c34)C2)c(O)cc1O. The molecule has 49 heavy (non-hydrogen) atoms. The molecule has 7 rings (SSSR count). The number of nitrogens with one attached hydrogen (secondary N) is 2. The minimum absolute atomic E-state index is 0.0205. The number of hydrogen-bond donors (Lipinski definition) is 4. The molecule has 4 heterocycles. The van der Waals surface area contributed by atoms with Crippen LogP contribution in [0, 0.1) is 5.82 Å². The Labute approximate surface area is 286 Å². The van der Waals surface area contributed by atoms with E-state index in [0.717, 1.165) is 32.0 Å². The molecular formula is C36H35FN6O5S. The maximum atomic E-state index is 13.7. The minimum atomic E-state index is -0.497. The summed E-state index contributed by atoms with van der Waals surface area (Å²) < 4.78 is 19.1. The molecule has 3 amide bonds. The molecule has 0 spiro atoms. The van der Waals surface area contributed by atoms with Crippen molar-refractivity contribution >= 4 is 50.7 Å². The first-order valence-corrected chi connectivity index (χ1v) is 16.9. The number of nitrogens with zero attached hydrogens (tertiary/aromatic N) is 4. The maximum absolute atomic E-state index is 13.7. The van der Waals surface area contributed by atoms with Crippen molar-refractivity contribution in [2.24, 2.45) is 0 Å². The maximum Gasteiger partial charge on any atom is 0.323 e. The number of amides is 3. The Bertz CT molecular complexity index is 2060. The van der Waals surface area contributed by atoms with Gasteiger partial charge in [-0.2, -0.15) is 0 Å². The fraction of sp³-hybridized carbons (Fsp3) is 0.278. The number of fused-ring (bicyclic) bond motifs is 3.